The van der Waals surface area contributed by atoms with Crippen LogP contribution in [0.2, 0.25) is 0 Å². The highest BCUT2D eigenvalue weighted by atomic mass is 31.0. The van der Waals surface area contributed by atoms with Crippen molar-refractivity contribution in [3.8, 4) is 12.1 Å². The van der Waals surface area contributed by atoms with Crippen LogP contribution in [0.5, 0.6) is 0 Å². The summed E-state index contributed by atoms with van der Waals surface area (Å²) in [6.07, 6.45) is 2.98. The van der Waals surface area contributed by atoms with E-state index >= 15 is 0 Å². The van der Waals surface area contributed by atoms with Gasteiger partial charge >= 0.3 is 0 Å². The zero-order valence-electron chi connectivity index (χ0n) is 5.88. The van der Waals surface area contributed by atoms with Gasteiger partial charge in [0.25, 0.3) is 0 Å². The lowest BCUT2D eigenvalue weighted by Gasteiger charge is -2.03. The molecular weight excluding hydrogens is 143 g/mol. The van der Waals surface area contributed by atoms with Gasteiger partial charge in [0.15, 0.2) is 0 Å². The third-order valence-electron chi connectivity index (χ3n) is 1.25. The van der Waals surface area contributed by atoms with Gasteiger partial charge in [0.2, 0.25) is 0 Å². The van der Waals surface area contributed by atoms with E-state index in [1.54, 1.807) is 0 Å². The number of hydrogen-bond acceptors (Lipinski definition) is 2. The first-order valence-electron chi connectivity index (χ1n) is 3.30. The molecule has 0 rings (SSSR count). The molecule has 0 aromatic rings. The third-order valence-corrected chi connectivity index (χ3v) is 1.92. The van der Waals surface area contributed by atoms with E-state index < -0.39 is 0 Å². The molecule has 10 heavy (non-hydrogen) atoms. The smallest absolute Gasteiger partial charge is 0.0621 e. The molecule has 0 aliphatic heterocycles. The van der Waals surface area contributed by atoms with Gasteiger partial charge in [0, 0.05) is 12.8 Å². The minimum absolute atomic E-state index is 0.444. The highest BCUT2D eigenvalue weighted by Crippen LogP contribution is 2.13. The summed E-state index contributed by atoms with van der Waals surface area (Å²) in [5, 5.41) is 16.4. The number of nitrogens with zero attached hydrogens (tertiary/aromatic N) is 2. The van der Waals surface area contributed by atoms with Gasteiger partial charge in [-0.3, -0.25) is 0 Å². The number of nitriles is 2. The van der Waals surface area contributed by atoms with Crippen molar-refractivity contribution >= 4 is 9.24 Å². The molecule has 54 valence electrons. The Morgan fingerprint density at radius 1 is 1.10 bits per heavy atom. The van der Waals surface area contributed by atoms with Gasteiger partial charge in [-0.1, -0.05) is 0 Å². The molecule has 0 bridgehead atoms. The fourth-order valence-corrected chi connectivity index (χ4v) is 0.978. The fraction of sp³-hybridized carbons (Fsp3) is 0.714. The Labute approximate surface area is 64.0 Å². The van der Waals surface area contributed by atoms with Crippen LogP contribution >= 0.6 is 9.24 Å². The Morgan fingerprint density at radius 2 is 1.50 bits per heavy atom. The van der Waals surface area contributed by atoms with Crippen molar-refractivity contribution < 1.29 is 0 Å². The van der Waals surface area contributed by atoms with E-state index in [0.29, 0.717) is 18.5 Å². The molecule has 0 heterocycles. The van der Waals surface area contributed by atoms with Crippen LogP contribution < -0.4 is 0 Å². The first-order valence-corrected chi connectivity index (χ1v) is 3.97. The fourth-order valence-electron chi connectivity index (χ4n) is 0.644. The normalized spacial score (nSPS) is 8.80. The van der Waals surface area contributed by atoms with E-state index in [1.165, 1.54) is 0 Å². The maximum Gasteiger partial charge on any atom is 0.0621 e. The van der Waals surface area contributed by atoms with Crippen LogP contribution in [-0.2, 0) is 0 Å². The molecule has 1 atom stereocenters. The van der Waals surface area contributed by atoms with Gasteiger partial charge in [-0.15, -0.1) is 9.24 Å². The van der Waals surface area contributed by atoms with Crippen LogP contribution in [0.25, 0.3) is 0 Å². The third kappa shape index (κ3) is 5.54. The first-order chi connectivity index (χ1) is 4.81. The second-order valence-electron chi connectivity index (χ2n) is 2.15. The quantitative estimate of drug-likeness (QED) is 0.580. The van der Waals surface area contributed by atoms with Crippen LogP contribution in [0, 0.1) is 22.7 Å². The van der Waals surface area contributed by atoms with Gasteiger partial charge in [-0.05, 0) is 18.5 Å². The predicted molar refractivity (Wildman–Crippen MR) is 43.2 cm³/mol. The molecule has 0 amide bonds. The number of rotatable bonds is 4. The molecule has 0 aromatic carbocycles. The van der Waals surface area contributed by atoms with Crippen molar-refractivity contribution in [1.82, 2.24) is 0 Å². The zero-order chi connectivity index (χ0) is 7.82. The van der Waals surface area contributed by atoms with Crippen LogP contribution in [0.4, 0.5) is 0 Å². The van der Waals surface area contributed by atoms with E-state index in [0.717, 1.165) is 12.8 Å². The predicted octanol–water partition coefficient (Wildman–Crippen LogP) is 1.84. The molecule has 3 heteroatoms. The van der Waals surface area contributed by atoms with E-state index in [-0.39, 0.29) is 0 Å². The van der Waals surface area contributed by atoms with E-state index in [1.807, 2.05) is 0 Å². The van der Waals surface area contributed by atoms with Crippen molar-refractivity contribution in [3.05, 3.63) is 0 Å². The molecule has 0 aliphatic carbocycles. The van der Waals surface area contributed by atoms with E-state index in [9.17, 15) is 0 Å². The molecule has 0 spiro atoms. The summed E-state index contributed by atoms with van der Waals surface area (Å²) in [5.74, 6) is 0. The average molecular weight is 154 g/mol. The maximum atomic E-state index is 8.22. The number of hydrogen-bond donors (Lipinski definition) is 0. The minimum Gasteiger partial charge on any atom is -0.198 e. The van der Waals surface area contributed by atoms with E-state index in [4.69, 9.17) is 10.5 Å². The average Bonchev–Trinajstić information content (AvgIpc) is 1.97. The summed E-state index contributed by atoms with van der Waals surface area (Å²) >= 11 is 0. The Kier molecular flexibility index (Phi) is 6.14. The lowest BCUT2D eigenvalue weighted by molar-refractivity contribution is 0.722. The van der Waals surface area contributed by atoms with Crippen LogP contribution in [0.3, 0.4) is 0 Å². The van der Waals surface area contributed by atoms with Crippen LogP contribution in [-0.4, -0.2) is 5.66 Å². The molecular formula is C7H11N2P. The van der Waals surface area contributed by atoms with Crippen molar-refractivity contribution in [2.24, 2.45) is 0 Å². The summed E-state index contributed by atoms with van der Waals surface area (Å²) < 4.78 is 0. The van der Waals surface area contributed by atoms with Crippen LogP contribution in [0.1, 0.15) is 25.7 Å². The molecule has 1 unspecified atom stereocenters. The lowest BCUT2D eigenvalue weighted by atomic mass is 10.1. The summed E-state index contributed by atoms with van der Waals surface area (Å²) in [5.41, 5.74) is 0.444. The Balaban J connectivity index is 3.20. The van der Waals surface area contributed by atoms with Gasteiger partial charge in [0.1, 0.15) is 0 Å². The largest absolute Gasteiger partial charge is 0.198 e. The molecule has 0 saturated carbocycles. The molecule has 0 saturated heterocycles. The Morgan fingerprint density at radius 3 is 1.80 bits per heavy atom. The first kappa shape index (κ1) is 9.41. The highest BCUT2D eigenvalue weighted by Gasteiger charge is 1.99. The van der Waals surface area contributed by atoms with Crippen molar-refractivity contribution in [1.29, 1.82) is 10.5 Å². The summed E-state index contributed by atoms with van der Waals surface area (Å²) in [7, 11) is 2.66. The summed E-state index contributed by atoms with van der Waals surface area (Å²) in [6.45, 7) is 0. The van der Waals surface area contributed by atoms with Gasteiger partial charge < -0.3 is 0 Å². The monoisotopic (exact) mass is 154 g/mol. The summed E-state index contributed by atoms with van der Waals surface area (Å²) in [6, 6.07) is 4.16. The Bertz CT molecular complexity index is 136. The molecule has 0 aliphatic rings. The second-order valence-corrected chi connectivity index (χ2v) is 3.10. The lowest BCUT2D eigenvalue weighted by Crippen LogP contribution is -1.95. The highest BCUT2D eigenvalue weighted by molar-refractivity contribution is 7.17. The topological polar surface area (TPSA) is 47.6 Å². The molecule has 0 N–H and O–H groups in total. The molecule has 2 nitrogen and oxygen atoms in total. The minimum atomic E-state index is 0.444. The van der Waals surface area contributed by atoms with Gasteiger partial charge in [-0.2, -0.15) is 10.5 Å². The van der Waals surface area contributed by atoms with E-state index in [2.05, 4.69) is 21.4 Å². The van der Waals surface area contributed by atoms with Gasteiger partial charge in [0.05, 0.1) is 12.1 Å². The van der Waals surface area contributed by atoms with Crippen molar-refractivity contribution in [2.75, 3.05) is 0 Å². The van der Waals surface area contributed by atoms with Gasteiger partial charge in [-0.25, -0.2) is 0 Å². The Hall–Kier alpha value is -0.590. The van der Waals surface area contributed by atoms with Crippen molar-refractivity contribution in [3.63, 3.8) is 0 Å². The standard InChI is InChI=1S/C7H11N2P/c8-5-1-3-7(10)4-2-6-9/h7H,1-4,10H2. The zero-order valence-corrected chi connectivity index (χ0v) is 7.03. The second kappa shape index (κ2) is 6.53. The van der Waals surface area contributed by atoms with Crippen molar-refractivity contribution in [2.45, 2.75) is 31.3 Å². The molecule has 0 fully saturated rings. The maximum absolute atomic E-state index is 8.22. The molecule has 0 aromatic heterocycles. The SMILES string of the molecule is N#CCCC(P)CCC#N. The summed E-state index contributed by atoms with van der Waals surface area (Å²) in [4.78, 5) is 0. The molecule has 0 radical (unpaired) electrons. The van der Waals surface area contributed by atoms with Crippen LogP contribution in [0.15, 0.2) is 0 Å².